The van der Waals surface area contributed by atoms with Gasteiger partial charge in [0.2, 0.25) is 0 Å². The first-order valence-corrected chi connectivity index (χ1v) is 9.55. The van der Waals surface area contributed by atoms with Gasteiger partial charge in [-0.3, -0.25) is 9.59 Å². The van der Waals surface area contributed by atoms with Gasteiger partial charge in [0.15, 0.2) is 5.78 Å². The third kappa shape index (κ3) is 4.67. The number of rotatable bonds is 4. The number of Topliss-reactive ketones (excluding diaryl/α,β-unsaturated/α-hetero) is 1. The van der Waals surface area contributed by atoms with Crippen molar-refractivity contribution in [2.45, 2.75) is 67.4 Å². The number of methoxy groups -OCH3 is 1. The van der Waals surface area contributed by atoms with Crippen molar-refractivity contribution in [2.24, 2.45) is 11.3 Å². The first-order valence-electron chi connectivity index (χ1n) is 9.55. The Morgan fingerprint density at radius 2 is 1.67 bits per heavy atom. The number of carbonyl (C=O) groups excluding carboxylic acids is 2. The standard InChI is InChI=1S/C23H32O4/c1-13-9-14(2)20(15(3)10-13)21-18(24)11-17(16(4)26-8)12-19(21)27-22(25)23(5,6)7/h9-10,16-17H,11-12H2,1-8H3. The fourth-order valence-corrected chi connectivity index (χ4v) is 3.64. The Morgan fingerprint density at radius 1 is 1.11 bits per heavy atom. The quantitative estimate of drug-likeness (QED) is 0.704. The molecule has 0 saturated carbocycles. The highest BCUT2D eigenvalue weighted by Crippen LogP contribution is 2.39. The summed E-state index contributed by atoms with van der Waals surface area (Å²) in [5.74, 6) is 0.174. The number of benzene rings is 1. The second kappa shape index (κ2) is 7.97. The van der Waals surface area contributed by atoms with Crippen molar-refractivity contribution in [2.75, 3.05) is 7.11 Å². The molecule has 0 bridgehead atoms. The first-order chi connectivity index (χ1) is 12.5. The SMILES string of the molecule is COC(C)C1CC(=O)C(c2c(C)cc(C)cc2C)=C(OC(=O)C(C)(C)C)C1. The number of esters is 1. The highest BCUT2D eigenvalue weighted by Gasteiger charge is 2.36. The molecule has 0 saturated heterocycles. The number of hydrogen-bond acceptors (Lipinski definition) is 4. The molecule has 0 N–H and O–H groups in total. The predicted molar refractivity (Wildman–Crippen MR) is 107 cm³/mol. The van der Waals surface area contributed by atoms with Crippen LogP contribution in [0.25, 0.3) is 5.57 Å². The van der Waals surface area contributed by atoms with Gasteiger partial charge in [0, 0.05) is 20.0 Å². The number of ketones is 1. The van der Waals surface area contributed by atoms with Crippen molar-refractivity contribution in [3.05, 3.63) is 40.1 Å². The molecule has 1 aromatic carbocycles. The monoisotopic (exact) mass is 372 g/mol. The Labute approximate surface area is 162 Å². The first kappa shape index (κ1) is 21.4. The molecule has 0 radical (unpaired) electrons. The van der Waals surface area contributed by atoms with Gasteiger partial charge in [0.1, 0.15) is 5.76 Å². The normalized spacial score (nSPS) is 19.3. The fourth-order valence-electron chi connectivity index (χ4n) is 3.64. The molecule has 0 spiro atoms. The summed E-state index contributed by atoms with van der Waals surface area (Å²) in [4.78, 5) is 25.7. The summed E-state index contributed by atoms with van der Waals surface area (Å²) in [5, 5.41) is 0. The number of hydrogen-bond donors (Lipinski definition) is 0. The highest BCUT2D eigenvalue weighted by atomic mass is 16.5. The zero-order chi connectivity index (χ0) is 20.5. The number of aryl methyl sites for hydroxylation is 3. The number of ether oxygens (including phenoxy) is 2. The molecule has 27 heavy (non-hydrogen) atoms. The number of carbonyl (C=O) groups is 2. The van der Waals surface area contributed by atoms with E-state index >= 15 is 0 Å². The van der Waals surface area contributed by atoms with Gasteiger partial charge >= 0.3 is 5.97 Å². The van der Waals surface area contributed by atoms with Gasteiger partial charge in [0.25, 0.3) is 0 Å². The minimum absolute atomic E-state index is 0.0000731. The summed E-state index contributed by atoms with van der Waals surface area (Å²) in [6, 6.07) is 4.13. The van der Waals surface area contributed by atoms with Crippen molar-refractivity contribution in [1.82, 2.24) is 0 Å². The molecular weight excluding hydrogens is 340 g/mol. The molecule has 0 fully saturated rings. The van der Waals surface area contributed by atoms with Crippen molar-refractivity contribution in [1.29, 1.82) is 0 Å². The maximum Gasteiger partial charge on any atom is 0.316 e. The van der Waals surface area contributed by atoms with Crippen LogP contribution >= 0.6 is 0 Å². The summed E-state index contributed by atoms with van der Waals surface area (Å²) in [5.41, 5.74) is 4.01. The third-order valence-electron chi connectivity index (χ3n) is 5.24. The zero-order valence-corrected chi connectivity index (χ0v) is 17.9. The average Bonchev–Trinajstić information content (AvgIpc) is 2.54. The van der Waals surface area contributed by atoms with Gasteiger partial charge in [-0.2, -0.15) is 0 Å². The second-order valence-corrected chi connectivity index (χ2v) is 8.74. The zero-order valence-electron chi connectivity index (χ0n) is 17.9. The molecule has 0 aromatic heterocycles. The Balaban J connectivity index is 2.62. The Hall–Kier alpha value is -1.94. The van der Waals surface area contributed by atoms with Crippen LogP contribution in [0.5, 0.6) is 0 Å². The lowest BCUT2D eigenvalue weighted by atomic mass is 9.79. The molecule has 4 nitrogen and oxygen atoms in total. The van der Waals surface area contributed by atoms with E-state index in [0.29, 0.717) is 24.2 Å². The molecule has 0 aliphatic heterocycles. The van der Waals surface area contributed by atoms with E-state index in [1.807, 2.05) is 48.5 Å². The van der Waals surface area contributed by atoms with E-state index in [9.17, 15) is 9.59 Å². The van der Waals surface area contributed by atoms with Gasteiger partial charge in [-0.1, -0.05) is 17.7 Å². The molecule has 2 atom stereocenters. The molecule has 1 aliphatic rings. The molecule has 4 heteroatoms. The van der Waals surface area contributed by atoms with Gasteiger partial charge in [0.05, 0.1) is 17.1 Å². The molecule has 2 rings (SSSR count). The predicted octanol–water partition coefficient (Wildman–Crippen LogP) is 4.93. The maximum absolute atomic E-state index is 13.2. The molecule has 0 heterocycles. The smallest absolute Gasteiger partial charge is 0.316 e. The van der Waals surface area contributed by atoms with E-state index < -0.39 is 5.41 Å². The fraction of sp³-hybridized carbons (Fsp3) is 0.565. The molecule has 1 aliphatic carbocycles. The van der Waals surface area contributed by atoms with Gasteiger partial charge in [-0.05, 0) is 71.1 Å². The Morgan fingerprint density at radius 3 is 2.15 bits per heavy atom. The van der Waals surface area contributed by atoms with E-state index in [2.05, 4.69) is 12.1 Å². The molecule has 1 aromatic rings. The van der Waals surface area contributed by atoms with Gasteiger partial charge in [-0.25, -0.2) is 0 Å². The summed E-state index contributed by atoms with van der Waals surface area (Å²) in [6.45, 7) is 13.4. The van der Waals surface area contributed by atoms with Crippen LogP contribution in [0.4, 0.5) is 0 Å². The lowest BCUT2D eigenvalue weighted by Crippen LogP contribution is -2.31. The Kier molecular flexibility index (Phi) is 6.31. The van der Waals surface area contributed by atoms with E-state index in [4.69, 9.17) is 9.47 Å². The van der Waals surface area contributed by atoms with E-state index in [1.165, 1.54) is 0 Å². The van der Waals surface area contributed by atoms with Crippen LogP contribution in [0.1, 0.15) is 62.8 Å². The van der Waals surface area contributed by atoms with Crippen molar-refractivity contribution in [3.8, 4) is 0 Å². The topological polar surface area (TPSA) is 52.6 Å². The van der Waals surface area contributed by atoms with Crippen LogP contribution < -0.4 is 0 Å². The molecule has 2 unspecified atom stereocenters. The maximum atomic E-state index is 13.2. The molecular formula is C23H32O4. The van der Waals surface area contributed by atoms with Crippen LogP contribution in [0, 0.1) is 32.1 Å². The van der Waals surface area contributed by atoms with Crippen molar-refractivity contribution in [3.63, 3.8) is 0 Å². The second-order valence-electron chi connectivity index (χ2n) is 8.74. The summed E-state index contributed by atoms with van der Waals surface area (Å²) in [7, 11) is 1.64. The van der Waals surface area contributed by atoms with Crippen LogP contribution in [0.2, 0.25) is 0 Å². The van der Waals surface area contributed by atoms with Crippen LogP contribution in [-0.4, -0.2) is 25.0 Å². The van der Waals surface area contributed by atoms with E-state index in [-0.39, 0.29) is 23.8 Å². The average molecular weight is 373 g/mol. The minimum atomic E-state index is -0.641. The van der Waals surface area contributed by atoms with E-state index in [1.54, 1.807) is 7.11 Å². The number of allylic oxidation sites excluding steroid dienone is 2. The summed E-state index contributed by atoms with van der Waals surface area (Å²) in [6.07, 6.45) is 0.831. The Bertz CT molecular complexity index is 757. The highest BCUT2D eigenvalue weighted by molar-refractivity contribution is 6.23. The lowest BCUT2D eigenvalue weighted by molar-refractivity contribution is -0.149. The van der Waals surface area contributed by atoms with Gasteiger partial charge < -0.3 is 9.47 Å². The van der Waals surface area contributed by atoms with Crippen LogP contribution in [0.15, 0.2) is 17.9 Å². The van der Waals surface area contributed by atoms with E-state index in [0.717, 1.165) is 22.3 Å². The van der Waals surface area contributed by atoms with Crippen molar-refractivity contribution < 1.29 is 19.1 Å². The minimum Gasteiger partial charge on any atom is -0.430 e. The van der Waals surface area contributed by atoms with Gasteiger partial charge in [-0.15, -0.1) is 0 Å². The lowest BCUT2D eigenvalue weighted by Gasteiger charge is -2.31. The largest absolute Gasteiger partial charge is 0.430 e. The van der Waals surface area contributed by atoms with Crippen LogP contribution in [-0.2, 0) is 19.1 Å². The summed E-state index contributed by atoms with van der Waals surface area (Å²) >= 11 is 0. The van der Waals surface area contributed by atoms with Crippen LogP contribution in [0.3, 0.4) is 0 Å². The summed E-state index contributed by atoms with van der Waals surface area (Å²) < 4.78 is 11.3. The molecule has 148 valence electrons. The third-order valence-corrected chi connectivity index (χ3v) is 5.24. The van der Waals surface area contributed by atoms with Crippen molar-refractivity contribution >= 4 is 17.3 Å². The molecule has 0 amide bonds.